The third-order valence-corrected chi connectivity index (χ3v) is 5.44. The summed E-state index contributed by atoms with van der Waals surface area (Å²) in [4.78, 5) is 0. The molecule has 74 valence electrons. The molecule has 2 aliphatic rings. The van der Waals surface area contributed by atoms with Crippen LogP contribution in [0.3, 0.4) is 0 Å². The Morgan fingerprint density at radius 3 is 1.64 bits per heavy atom. The van der Waals surface area contributed by atoms with E-state index < -0.39 is 0 Å². The molecule has 0 aromatic carbocycles. The van der Waals surface area contributed by atoms with Crippen LogP contribution >= 0.6 is 12.4 Å². The minimum atomic E-state index is 0. The maximum atomic E-state index is 2.30. The van der Waals surface area contributed by atoms with Crippen molar-refractivity contribution in [2.45, 2.75) is 26.7 Å². The normalized spacial score (nSPS) is 19.3. The van der Waals surface area contributed by atoms with E-state index in [2.05, 4.69) is 38.2 Å². The van der Waals surface area contributed by atoms with Crippen molar-refractivity contribution in [3.05, 3.63) is 43.2 Å². The summed E-state index contributed by atoms with van der Waals surface area (Å²) in [6.45, 7) is 4.50. The van der Waals surface area contributed by atoms with Crippen molar-refractivity contribution in [2.24, 2.45) is 0 Å². The average Bonchev–Trinajstić information content (AvgIpc) is 2.65. The molecule has 0 atom stereocenters. The first-order valence-corrected chi connectivity index (χ1v) is 6.33. The summed E-state index contributed by atoms with van der Waals surface area (Å²) in [5.74, 6) is 0. The van der Waals surface area contributed by atoms with Crippen molar-refractivity contribution >= 4 is 12.4 Å². The summed E-state index contributed by atoms with van der Waals surface area (Å²) in [6, 6.07) is 0. The van der Waals surface area contributed by atoms with E-state index in [0.717, 1.165) is 0 Å². The second-order valence-electron chi connectivity index (χ2n) is 3.66. The SMILES string of the molecule is CC1=[C]([Ti][C]2=C(C)C=CC2)CC=C1.Cl. The molecule has 2 rings (SSSR count). The molecular formula is C12H15ClTi. The van der Waals surface area contributed by atoms with Gasteiger partial charge in [-0.05, 0) is 0 Å². The molecule has 0 unspecified atom stereocenters. The van der Waals surface area contributed by atoms with Crippen molar-refractivity contribution < 1.29 is 19.2 Å². The fourth-order valence-corrected chi connectivity index (χ4v) is 3.84. The van der Waals surface area contributed by atoms with Crippen LogP contribution in [0.2, 0.25) is 0 Å². The van der Waals surface area contributed by atoms with E-state index in [1.807, 2.05) is 0 Å². The van der Waals surface area contributed by atoms with Gasteiger partial charge in [-0.2, -0.15) is 0 Å². The van der Waals surface area contributed by atoms with Gasteiger partial charge in [0.2, 0.25) is 0 Å². The topological polar surface area (TPSA) is 0 Å². The molecule has 0 saturated heterocycles. The first-order valence-electron chi connectivity index (χ1n) is 4.77. The molecule has 14 heavy (non-hydrogen) atoms. The monoisotopic (exact) mass is 242 g/mol. The van der Waals surface area contributed by atoms with Gasteiger partial charge in [0.1, 0.15) is 0 Å². The maximum Gasteiger partial charge on any atom is -0.147 e. The molecule has 0 aromatic heterocycles. The Hall–Kier alpha value is -0.0357. The summed E-state index contributed by atoms with van der Waals surface area (Å²) in [5.41, 5.74) is 3.07. The first-order chi connectivity index (χ1) is 6.27. The summed E-state index contributed by atoms with van der Waals surface area (Å²) in [5, 5.41) is 0. The van der Waals surface area contributed by atoms with Crippen LogP contribution in [0.15, 0.2) is 43.2 Å². The quantitative estimate of drug-likeness (QED) is 0.643. The number of halogens is 1. The zero-order valence-electron chi connectivity index (χ0n) is 8.63. The van der Waals surface area contributed by atoms with Crippen LogP contribution in [0.1, 0.15) is 26.7 Å². The second-order valence-corrected chi connectivity index (χ2v) is 5.94. The van der Waals surface area contributed by atoms with Gasteiger partial charge in [-0.15, -0.1) is 12.4 Å². The summed E-state index contributed by atoms with van der Waals surface area (Å²) in [7, 11) is 0. The van der Waals surface area contributed by atoms with Crippen molar-refractivity contribution in [2.75, 3.05) is 0 Å². The third-order valence-electron chi connectivity index (χ3n) is 2.63. The molecule has 0 spiro atoms. The predicted molar refractivity (Wildman–Crippen MR) is 60.2 cm³/mol. The molecule has 0 N–H and O–H groups in total. The molecule has 2 heteroatoms. The van der Waals surface area contributed by atoms with Gasteiger partial charge in [0, 0.05) is 0 Å². The van der Waals surface area contributed by atoms with Crippen LogP contribution in [0.25, 0.3) is 0 Å². The van der Waals surface area contributed by atoms with Gasteiger partial charge in [-0.1, -0.05) is 0 Å². The Labute approximate surface area is 101 Å². The van der Waals surface area contributed by atoms with Crippen LogP contribution in [0, 0.1) is 0 Å². The van der Waals surface area contributed by atoms with Gasteiger partial charge in [0.15, 0.2) is 0 Å². The van der Waals surface area contributed by atoms with Crippen LogP contribution in [-0.2, 0) is 19.2 Å². The molecule has 0 radical (unpaired) electrons. The van der Waals surface area contributed by atoms with Crippen molar-refractivity contribution in [3.63, 3.8) is 0 Å². The van der Waals surface area contributed by atoms with E-state index in [1.165, 1.54) is 24.0 Å². The van der Waals surface area contributed by atoms with Crippen LogP contribution in [0.4, 0.5) is 0 Å². The standard InChI is InChI=1S/2C6H7.ClH.Ti/c2*1-6-4-2-3-5-6;;/h2*2,4H,3H2,1H3;1H;. The Morgan fingerprint density at radius 1 is 0.929 bits per heavy atom. The predicted octanol–water partition coefficient (Wildman–Crippen LogP) is 3.96. The summed E-state index contributed by atoms with van der Waals surface area (Å²) in [6.07, 6.45) is 11.6. The summed E-state index contributed by atoms with van der Waals surface area (Å²) < 4.78 is 3.47. The van der Waals surface area contributed by atoms with Gasteiger partial charge in [0.05, 0.1) is 0 Å². The van der Waals surface area contributed by atoms with E-state index in [9.17, 15) is 0 Å². The fraction of sp³-hybridized carbons (Fsp3) is 0.333. The van der Waals surface area contributed by atoms with E-state index >= 15 is 0 Å². The van der Waals surface area contributed by atoms with Gasteiger partial charge < -0.3 is 0 Å². The van der Waals surface area contributed by atoms with Crippen molar-refractivity contribution in [1.82, 2.24) is 0 Å². The zero-order chi connectivity index (χ0) is 9.26. The number of allylic oxidation sites excluding steroid dienone is 8. The number of hydrogen-bond acceptors (Lipinski definition) is 0. The third kappa shape index (κ3) is 2.50. The number of hydrogen-bond donors (Lipinski definition) is 0. The minimum absolute atomic E-state index is 0. The smallest absolute Gasteiger partial charge is 0.147 e. The van der Waals surface area contributed by atoms with E-state index in [-0.39, 0.29) is 31.6 Å². The molecule has 0 aliphatic heterocycles. The largest absolute Gasteiger partial charge is 0.147 e. The molecule has 0 amide bonds. The molecule has 0 saturated carbocycles. The van der Waals surface area contributed by atoms with Crippen LogP contribution < -0.4 is 0 Å². The molecule has 0 nitrogen and oxygen atoms in total. The molecule has 2 aliphatic carbocycles. The van der Waals surface area contributed by atoms with Gasteiger partial charge in [-0.3, -0.25) is 0 Å². The number of rotatable bonds is 2. The van der Waals surface area contributed by atoms with Gasteiger partial charge >= 0.3 is 89.0 Å². The fourth-order valence-electron chi connectivity index (χ4n) is 1.71. The van der Waals surface area contributed by atoms with Gasteiger partial charge in [-0.25, -0.2) is 0 Å². The van der Waals surface area contributed by atoms with Crippen LogP contribution in [0.5, 0.6) is 0 Å². The molecule has 0 heterocycles. The average molecular weight is 243 g/mol. The van der Waals surface area contributed by atoms with Crippen molar-refractivity contribution in [1.29, 1.82) is 0 Å². The van der Waals surface area contributed by atoms with E-state index in [0.29, 0.717) is 0 Å². The Morgan fingerprint density at radius 2 is 1.36 bits per heavy atom. The van der Waals surface area contributed by atoms with Gasteiger partial charge in [0.25, 0.3) is 0 Å². The first kappa shape index (κ1) is 12.0. The molecule has 0 bridgehead atoms. The molecular weight excluding hydrogens is 227 g/mol. The second kappa shape index (κ2) is 5.16. The summed E-state index contributed by atoms with van der Waals surface area (Å²) >= 11 is 0.0324. The zero-order valence-corrected chi connectivity index (χ0v) is 11.0. The van der Waals surface area contributed by atoms with E-state index in [4.69, 9.17) is 0 Å². The maximum absolute atomic E-state index is 2.30. The minimum Gasteiger partial charge on any atom is -0.147 e. The Balaban J connectivity index is 0.000000980. The van der Waals surface area contributed by atoms with Crippen molar-refractivity contribution in [3.8, 4) is 0 Å². The molecule has 0 aromatic rings. The van der Waals surface area contributed by atoms with E-state index in [1.54, 1.807) is 7.76 Å². The molecule has 0 fully saturated rings. The van der Waals surface area contributed by atoms with Crippen LogP contribution in [-0.4, -0.2) is 0 Å². The Kier molecular flexibility index (Phi) is 4.44. The Bertz CT molecular complexity index is 311.